The lowest BCUT2D eigenvalue weighted by Gasteiger charge is -2.30. The second-order valence-corrected chi connectivity index (χ2v) is 7.40. The molecule has 0 bridgehead atoms. The molecule has 1 fully saturated rings. The van der Waals surface area contributed by atoms with Gasteiger partial charge in [0, 0.05) is 24.5 Å². The van der Waals surface area contributed by atoms with Crippen LogP contribution in [0.4, 0.5) is 5.69 Å². The van der Waals surface area contributed by atoms with Gasteiger partial charge in [-0.1, -0.05) is 56.5 Å². The SMILES string of the molecule is C=C(NCC(=C)N1CCCC1c1ccccc1CC)NCc1ccc(N)cc1. The largest absolute Gasteiger partial charge is 0.399 e. The van der Waals surface area contributed by atoms with Gasteiger partial charge in [-0.15, -0.1) is 0 Å². The lowest BCUT2D eigenvalue weighted by atomic mass is 9.97. The second-order valence-electron chi connectivity index (χ2n) is 7.40. The van der Waals surface area contributed by atoms with Crippen LogP contribution in [0.1, 0.15) is 42.5 Å². The molecule has 1 unspecified atom stereocenters. The molecular formula is C24H32N4. The van der Waals surface area contributed by atoms with Crippen molar-refractivity contribution in [2.75, 3.05) is 18.8 Å². The van der Waals surface area contributed by atoms with Gasteiger partial charge in [0.2, 0.25) is 0 Å². The van der Waals surface area contributed by atoms with Crippen LogP contribution in [0.15, 0.2) is 73.2 Å². The number of hydrogen-bond donors (Lipinski definition) is 3. The van der Waals surface area contributed by atoms with Gasteiger partial charge in [-0.25, -0.2) is 0 Å². The summed E-state index contributed by atoms with van der Waals surface area (Å²) in [5.41, 5.74) is 11.7. The van der Waals surface area contributed by atoms with Crippen LogP contribution in [0.5, 0.6) is 0 Å². The van der Waals surface area contributed by atoms with Gasteiger partial charge in [-0.2, -0.15) is 0 Å². The number of anilines is 1. The number of hydrogen-bond acceptors (Lipinski definition) is 4. The van der Waals surface area contributed by atoms with Gasteiger partial charge in [-0.3, -0.25) is 0 Å². The molecule has 3 rings (SSSR count). The van der Waals surface area contributed by atoms with E-state index in [9.17, 15) is 0 Å². The monoisotopic (exact) mass is 376 g/mol. The Hall–Kier alpha value is -2.88. The van der Waals surface area contributed by atoms with Crippen molar-refractivity contribution in [3.8, 4) is 0 Å². The highest BCUT2D eigenvalue weighted by Gasteiger charge is 2.27. The summed E-state index contributed by atoms with van der Waals surface area (Å²) in [5, 5.41) is 6.69. The van der Waals surface area contributed by atoms with Gasteiger partial charge in [0.05, 0.1) is 18.4 Å². The van der Waals surface area contributed by atoms with E-state index in [0.29, 0.717) is 12.6 Å². The highest BCUT2D eigenvalue weighted by Crippen LogP contribution is 2.36. The number of aryl methyl sites for hydroxylation is 1. The molecule has 28 heavy (non-hydrogen) atoms. The van der Waals surface area contributed by atoms with E-state index in [-0.39, 0.29) is 0 Å². The van der Waals surface area contributed by atoms with Gasteiger partial charge < -0.3 is 21.3 Å². The molecule has 2 aromatic carbocycles. The maximum atomic E-state index is 5.73. The van der Waals surface area contributed by atoms with E-state index >= 15 is 0 Å². The maximum absolute atomic E-state index is 5.73. The third-order valence-electron chi connectivity index (χ3n) is 5.45. The number of rotatable bonds is 9. The average molecular weight is 377 g/mol. The molecule has 0 radical (unpaired) electrons. The van der Waals surface area contributed by atoms with Crippen LogP contribution in [0.2, 0.25) is 0 Å². The second kappa shape index (κ2) is 9.36. The van der Waals surface area contributed by atoms with Crippen molar-refractivity contribution in [1.82, 2.24) is 15.5 Å². The molecule has 0 spiro atoms. The fourth-order valence-electron chi connectivity index (χ4n) is 3.87. The standard InChI is InChI=1S/C24H32N4/c1-4-21-8-5-6-9-23(21)24-10-7-15-28(24)18(2)16-26-19(3)27-17-20-11-13-22(25)14-12-20/h5-6,8-9,11-14,24,26-27H,2-4,7,10,15-17,25H2,1H3. The molecule has 2 aromatic rings. The summed E-state index contributed by atoms with van der Waals surface area (Å²) in [6.07, 6.45) is 3.46. The van der Waals surface area contributed by atoms with E-state index in [2.05, 4.69) is 59.9 Å². The van der Waals surface area contributed by atoms with Crippen molar-refractivity contribution >= 4 is 5.69 Å². The van der Waals surface area contributed by atoms with E-state index in [0.717, 1.165) is 36.7 Å². The summed E-state index contributed by atoms with van der Waals surface area (Å²) < 4.78 is 0. The molecule has 0 aliphatic carbocycles. The summed E-state index contributed by atoms with van der Waals surface area (Å²) in [6, 6.07) is 17.1. The van der Waals surface area contributed by atoms with E-state index < -0.39 is 0 Å². The Labute approximate surface area is 169 Å². The van der Waals surface area contributed by atoms with Crippen molar-refractivity contribution in [2.45, 2.75) is 38.8 Å². The molecule has 1 aliphatic rings. The first-order valence-electron chi connectivity index (χ1n) is 10.1. The number of nitrogens with zero attached hydrogens (tertiary/aromatic N) is 1. The van der Waals surface area contributed by atoms with Gasteiger partial charge in [-0.05, 0) is 48.1 Å². The molecule has 0 aromatic heterocycles. The number of likely N-dealkylation sites (tertiary alicyclic amines) is 1. The summed E-state index contributed by atoms with van der Waals surface area (Å²) >= 11 is 0. The van der Waals surface area contributed by atoms with Crippen LogP contribution in [0.25, 0.3) is 0 Å². The molecule has 1 atom stereocenters. The van der Waals surface area contributed by atoms with Crippen LogP contribution in [0, 0.1) is 0 Å². The zero-order chi connectivity index (χ0) is 19.9. The fourth-order valence-corrected chi connectivity index (χ4v) is 3.87. The first kappa shape index (κ1) is 19.9. The van der Waals surface area contributed by atoms with E-state index in [1.165, 1.54) is 29.5 Å². The molecule has 4 heteroatoms. The Bertz CT molecular complexity index is 810. The highest BCUT2D eigenvalue weighted by molar-refractivity contribution is 5.39. The Kier molecular flexibility index (Phi) is 6.64. The predicted octanol–water partition coefficient (Wildman–Crippen LogP) is 4.33. The summed E-state index contributed by atoms with van der Waals surface area (Å²) in [5.74, 6) is 0.808. The molecule has 1 aliphatic heterocycles. The zero-order valence-electron chi connectivity index (χ0n) is 16.9. The van der Waals surface area contributed by atoms with Crippen molar-refractivity contribution in [2.24, 2.45) is 0 Å². The molecule has 4 nitrogen and oxygen atoms in total. The first-order valence-corrected chi connectivity index (χ1v) is 10.1. The molecule has 148 valence electrons. The molecule has 0 saturated carbocycles. The normalized spacial score (nSPS) is 16.0. The molecule has 4 N–H and O–H groups in total. The minimum atomic E-state index is 0.432. The van der Waals surface area contributed by atoms with Gasteiger partial charge in [0.25, 0.3) is 0 Å². The lowest BCUT2D eigenvalue weighted by Crippen LogP contribution is -2.32. The van der Waals surface area contributed by atoms with Crippen molar-refractivity contribution < 1.29 is 0 Å². The molecule has 1 saturated heterocycles. The van der Waals surface area contributed by atoms with Gasteiger partial charge in [0.15, 0.2) is 0 Å². The molecular weight excluding hydrogens is 344 g/mol. The minimum Gasteiger partial charge on any atom is -0.399 e. The van der Waals surface area contributed by atoms with Crippen molar-refractivity contribution in [3.05, 3.63) is 89.9 Å². The van der Waals surface area contributed by atoms with Crippen LogP contribution in [-0.2, 0) is 13.0 Å². The molecule has 0 amide bonds. The molecule has 1 heterocycles. The number of nitrogens with two attached hydrogens (primary N) is 1. The zero-order valence-corrected chi connectivity index (χ0v) is 16.9. The van der Waals surface area contributed by atoms with Crippen molar-refractivity contribution in [1.29, 1.82) is 0 Å². The number of benzene rings is 2. The van der Waals surface area contributed by atoms with Crippen LogP contribution >= 0.6 is 0 Å². The Morgan fingerprint density at radius 1 is 1.11 bits per heavy atom. The number of nitrogen functional groups attached to an aromatic ring is 1. The Balaban J connectivity index is 1.52. The first-order chi connectivity index (χ1) is 13.6. The fraction of sp³-hybridized carbons (Fsp3) is 0.333. The third kappa shape index (κ3) is 4.89. The third-order valence-corrected chi connectivity index (χ3v) is 5.45. The predicted molar refractivity (Wildman–Crippen MR) is 118 cm³/mol. The number of nitrogens with one attached hydrogen (secondary N) is 2. The van der Waals surface area contributed by atoms with E-state index in [4.69, 9.17) is 5.73 Å². The van der Waals surface area contributed by atoms with Gasteiger partial charge in [0.1, 0.15) is 0 Å². The Morgan fingerprint density at radius 3 is 2.61 bits per heavy atom. The minimum absolute atomic E-state index is 0.432. The van der Waals surface area contributed by atoms with Crippen molar-refractivity contribution in [3.63, 3.8) is 0 Å². The maximum Gasteiger partial charge on any atom is 0.0918 e. The smallest absolute Gasteiger partial charge is 0.0918 e. The summed E-state index contributed by atoms with van der Waals surface area (Å²) in [4.78, 5) is 2.45. The van der Waals surface area contributed by atoms with Crippen LogP contribution in [0.3, 0.4) is 0 Å². The van der Waals surface area contributed by atoms with Crippen LogP contribution in [-0.4, -0.2) is 18.0 Å². The van der Waals surface area contributed by atoms with E-state index in [1.807, 2.05) is 24.3 Å². The summed E-state index contributed by atoms with van der Waals surface area (Å²) in [7, 11) is 0. The lowest BCUT2D eigenvalue weighted by molar-refractivity contribution is 0.318. The van der Waals surface area contributed by atoms with Crippen LogP contribution < -0.4 is 16.4 Å². The quantitative estimate of drug-likeness (QED) is 0.570. The highest BCUT2D eigenvalue weighted by atomic mass is 15.2. The average Bonchev–Trinajstić information content (AvgIpc) is 3.21. The van der Waals surface area contributed by atoms with Gasteiger partial charge >= 0.3 is 0 Å². The summed E-state index contributed by atoms with van der Waals surface area (Å²) in [6.45, 7) is 13.1. The topological polar surface area (TPSA) is 53.3 Å². The Morgan fingerprint density at radius 2 is 1.86 bits per heavy atom. The van der Waals surface area contributed by atoms with E-state index in [1.54, 1.807) is 0 Å².